The van der Waals surface area contributed by atoms with E-state index in [-0.39, 0.29) is 11.8 Å². The first-order valence-electron chi connectivity index (χ1n) is 5.91. The fraction of sp³-hybridized carbons (Fsp3) is 0.286. The number of hydrogen-bond acceptors (Lipinski definition) is 2. The Morgan fingerprint density at radius 2 is 1.82 bits per heavy atom. The Morgan fingerprint density at radius 1 is 1.12 bits per heavy atom. The van der Waals surface area contributed by atoms with Crippen molar-refractivity contribution in [3.05, 3.63) is 36.4 Å². The van der Waals surface area contributed by atoms with E-state index in [1.165, 1.54) is 0 Å². The molecule has 2 rings (SSSR count). The molecule has 1 aromatic heterocycles. The number of hydrogen-bond donors (Lipinski definition) is 2. The van der Waals surface area contributed by atoms with Crippen LogP contribution in [0.25, 0.3) is 11.1 Å². The third-order valence-corrected chi connectivity index (χ3v) is 2.87. The highest BCUT2D eigenvalue weighted by molar-refractivity contribution is 5.70. The van der Waals surface area contributed by atoms with Crippen molar-refractivity contribution in [2.75, 3.05) is 0 Å². The molecule has 0 aliphatic rings. The highest BCUT2D eigenvalue weighted by atomic mass is 16.3. The zero-order valence-corrected chi connectivity index (χ0v) is 9.93. The second-order valence-corrected chi connectivity index (χ2v) is 4.11. The molecule has 2 N–H and O–H groups in total. The van der Waals surface area contributed by atoms with Gasteiger partial charge in [-0.15, -0.1) is 0 Å². The van der Waals surface area contributed by atoms with Crippen LogP contribution in [-0.4, -0.2) is 14.8 Å². The van der Waals surface area contributed by atoms with E-state index in [1.807, 2.05) is 30.3 Å². The topological polar surface area (TPSA) is 45.4 Å². The van der Waals surface area contributed by atoms with Crippen LogP contribution in [0, 0.1) is 0 Å². The molecule has 1 heterocycles. The zero-order valence-electron chi connectivity index (χ0n) is 9.93. The summed E-state index contributed by atoms with van der Waals surface area (Å²) >= 11 is 0. The molecule has 0 aliphatic carbocycles. The first-order chi connectivity index (χ1) is 8.24. The lowest BCUT2D eigenvalue weighted by Gasteiger charge is -2.06. The van der Waals surface area contributed by atoms with Crippen LogP contribution in [0.4, 0.5) is 0 Å². The molecular weight excluding hydrogens is 214 g/mol. The summed E-state index contributed by atoms with van der Waals surface area (Å²) in [5.41, 5.74) is 1.59. The van der Waals surface area contributed by atoms with E-state index in [0.29, 0.717) is 12.1 Å². The van der Waals surface area contributed by atoms with Gasteiger partial charge in [0.2, 0.25) is 5.88 Å². The highest BCUT2D eigenvalue weighted by Gasteiger charge is 2.14. The molecule has 0 atom stereocenters. The Labute approximate surface area is 101 Å². The smallest absolute Gasteiger partial charge is 0.202 e. The predicted molar refractivity (Wildman–Crippen MR) is 68.1 cm³/mol. The predicted octanol–water partition coefficient (Wildman–Crippen LogP) is 3.37. The molecule has 0 aliphatic heterocycles. The highest BCUT2D eigenvalue weighted by Crippen LogP contribution is 2.35. The summed E-state index contributed by atoms with van der Waals surface area (Å²) < 4.78 is 1.55. The monoisotopic (exact) mass is 231 g/mol. The summed E-state index contributed by atoms with van der Waals surface area (Å²) in [5, 5.41) is 19.9. The molecular formula is C14H17NO2. The Balaban J connectivity index is 2.37. The molecule has 0 radical (unpaired) electrons. The first kappa shape index (κ1) is 11.6. The minimum absolute atomic E-state index is 0.120. The van der Waals surface area contributed by atoms with E-state index in [2.05, 4.69) is 6.92 Å². The number of benzene rings is 1. The van der Waals surface area contributed by atoms with E-state index < -0.39 is 0 Å². The van der Waals surface area contributed by atoms with Gasteiger partial charge in [-0.3, -0.25) is 4.57 Å². The van der Waals surface area contributed by atoms with Crippen molar-refractivity contribution >= 4 is 0 Å². The van der Waals surface area contributed by atoms with Crippen molar-refractivity contribution in [2.24, 2.45) is 0 Å². The van der Waals surface area contributed by atoms with Gasteiger partial charge in [0.15, 0.2) is 5.88 Å². The molecule has 3 nitrogen and oxygen atoms in total. The Kier molecular flexibility index (Phi) is 3.38. The van der Waals surface area contributed by atoms with Crippen LogP contribution in [0.15, 0.2) is 36.4 Å². The molecule has 0 fully saturated rings. The second kappa shape index (κ2) is 4.95. The van der Waals surface area contributed by atoms with Crippen molar-refractivity contribution in [1.82, 2.24) is 4.57 Å². The molecule has 0 saturated carbocycles. The molecule has 1 aromatic carbocycles. The second-order valence-electron chi connectivity index (χ2n) is 4.11. The maximum absolute atomic E-state index is 10.1. The van der Waals surface area contributed by atoms with Crippen molar-refractivity contribution in [2.45, 2.75) is 26.3 Å². The molecule has 90 valence electrons. The molecule has 2 aromatic rings. The number of nitrogens with zero attached hydrogens (tertiary/aromatic N) is 1. The lowest BCUT2D eigenvalue weighted by molar-refractivity contribution is 0.364. The lowest BCUT2D eigenvalue weighted by Crippen LogP contribution is -1.95. The third kappa shape index (κ3) is 2.28. The van der Waals surface area contributed by atoms with Gasteiger partial charge in [0.05, 0.1) is 0 Å². The quantitative estimate of drug-likeness (QED) is 0.847. The molecule has 0 bridgehead atoms. The molecule has 0 amide bonds. The van der Waals surface area contributed by atoms with Crippen LogP contribution in [-0.2, 0) is 6.54 Å². The van der Waals surface area contributed by atoms with Gasteiger partial charge in [-0.1, -0.05) is 43.7 Å². The van der Waals surface area contributed by atoms with Gasteiger partial charge in [0, 0.05) is 18.2 Å². The average molecular weight is 231 g/mol. The molecule has 17 heavy (non-hydrogen) atoms. The maximum Gasteiger partial charge on any atom is 0.202 e. The molecule has 3 heteroatoms. The summed E-state index contributed by atoms with van der Waals surface area (Å²) in [5.74, 6) is 0.261. The van der Waals surface area contributed by atoms with Crippen molar-refractivity contribution in [3.8, 4) is 22.9 Å². The van der Waals surface area contributed by atoms with Gasteiger partial charge in [-0.05, 0) is 12.0 Å². The van der Waals surface area contributed by atoms with Crippen LogP contribution in [0.5, 0.6) is 11.8 Å². The third-order valence-electron chi connectivity index (χ3n) is 2.87. The normalized spacial score (nSPS) is 10.6. The van der Waals surface area contributed by atoms with E-state index in [1.54, 1.807) is 10.6 Å². The molecule has 0 unspecified atom stereocenters. The summed E-state index contributed by atoms with van der Waals surface area (Å²) in [4.78, 5) is 0. The summed E-state index contributed by atoms with van der Waals surface area (Å²) in [7, 11) is 0. The van der Waals surface area contributed by atoms with Crippen molar-refractivity contribution in [1.29, 1.82) is 0 Å². The van der Waals surface area contributed by atoms with Gasteiger partial charge >= 0.3 is 0 Å². The van der Waals surface area contributed by atoms with E-state index in [4.69, 9.17) is 0 Å². The van der Waals surface area contributed by atoms with Gasteiger partial charge in [0.1, 0.15) is 0 Å². The Hall–Kier alpha value is -1.90. The van der Waals surface area contributed by atoms with E-state index in [9.17, 15) is 10.2 Å². The Bertz CT molecular complexity index is 488. The lowest BCUT2D eigenvalue weighted by atomic mass is 10.1. The van der Waals surface area contributed by atoms with Gasteiger partial charge in [0.25, 0.3) is 0 Å². The SMILES string of the molecule is CCCCn1c(O)cc(-c2ccccc2)c1O. The van der Waals surface area contributed by atoms with Crippen LogP contribution < -0.4 is 0 Å². The first-order valence-corrected chi connectivity index (χ1v) is 5.91. The maximum atomic E-state index is 10.1. The average Bonchev–Trinajstić information content (AvgIpc) is 2.64. The number of rotatable bonds is 4. The van der Waals surface area contributed by atoms with E-state index in [0.717, 1.165) is 18.4 Å². The van der Waals surface area contributed by atoms with Crippen molar-refractivity contribution < 1.29 is 10.2 Å². The standard InChI is InChI=1S/C14H17NO2/c1-2-3-9-15-13(16)10-12(14(15)17)11-7-5-4-6-8-11/h4-8,10,16-17H,2-3,9H2,1H3. The van der Waals surface area contributed by atoms with Crippen LogP contribution in [0.2, 0.25) is 0 Å². The minimum atomic E-state index is 0.120. The Morgan fingerprint density at radius 3 is 2.47 bits per heavy atom. The minimum Gasteiger partial charge on any atom is -0.494 e. The largest absolute Gasteiger partial charge is 0.494 e. The van der Waals surface area contributed by atoms with Crippen LogP contribution in [0.3, 0.4) is 0 Å². The zero-order chi connectivity index (χ0) is 12.3. The van der Waals surface area contributed by atoms with E-state index >= 15 is 0 Å². The molecule has 0 saturated heterocycles. The molecule has 0 spiro atoms. The van der Waals surface area contributed by atoms with Crippen LogP contribution >= 0.6 is 0 Å². The number of aromatic hydroxyl groups is 2. The summed E-state index contributed by atoms with van der Waals surface area (Å²) in [6.07, 6.45) is 1.96. The summed E-state index contributed by atoms with van der Waals surface area (Å²) in [6.45, 7) is 2.72. The summed E-state index contributed by atoms with van der Waals surface area (Å²) in [6, 6.07) is 11.2. The fourth-order valence-electron chi connectivity index (χ4n) is 1.89. The fourth-order valence-corrected chi connectivity index (χ4v) is 1.89. The van der Waals surface area contributed by atoms with Gasteiger partial charge < -0.3 is 10.2 Å². The number of aromatic nitrogens is 1. The van der Waals surface area contributed by atoms with Crippen molar-refractivity contribution in [3.63, 3.8) is 0 Å². The number of unbranched alkanes of at least 4 members (excludes halogenated alkanes) is 1. The van der Waals surface area contributed by atoms with Gasteiger partial charge in [-0.25, -0.2) is 0 Å². The van der Waals surface area contributed by atoms with Gasteiger partial charge in [-0.2, -0.15) is 0 Å². The van der Waals surface area contributed by atoms with Crippen LogP contribution in [0.1, 0.15) is 19.8 Å².